The summed E-state index contributed by atoms with van der Waals surface area (Å²) in [6, 6.07) is 8.05. The molecule has 7 heteroatoms. The van der Waals surface area contributed by atoms with Gasteiger partial charge in [0, 0.05) is 22.7 Å². The van der Waals surface area contributed by atoms with E-state index in [2.05, 4.69) is 15.0 Å². The van der Waals surface area contributed by atoms with Gasteiger partial charge in [0.25, 0.3) is 5.91 Å². The number of carbonyl (C=O) groups is 2. The number of nitrogens with zero attached hydrogens (tertiary/aromatic N) is 2. The zero-order valence-corrected chi connectivity index (χ0v) is 13.7. The Morgan fingerprint density at radius 1 is 1.30 bits per heavy atom. The van der Waals surface area contributed by atoms with Crippen molar-refractivity contribution in [2.24, 2.45) is 0 Å². The summed E-state index contributed by atoms with van der Waals surface area (Å²) in [6.07, 6.45) is 2.09. The molecule has 1 unspecified atom stereocenters. The van der Waals surface area contributed by atoms with Crippen LogP contribution in [0.5, 0.6) is 0 Å². The minimum atomic E-state index is -0.332. The van der Waals surface area contributed by atoms with Gasteiger partial charge in [-0.3, -0.25) is 9.59 Å². The third kappa shape index (κ3) is 4.56. The number of carbonyl (C=O) groups excluding carboxylic acids is 2. The number of halogens is 1. The molecule has 0 fully saturated rings. The molecule has 0 radical (unpaired) electrons. The smallest absolute Gasteiger partial charge is 0.254 e. The van der Waals surface area contributed by atoms with Gasteiger partial charge in [0.1, 0.15) is 12.8 Å². The Morgan fingerprint density at radius 3 is 2.57 bits per heavy atom. The number of benzene rings is 1. The Bertz CT molecular complexity index is 656. The molecule has 0 bridgehead atoms. The highest BCUT2D eigenvalue weighted by Gasteiger charge is 2.23. The van der Waals surface area contributed by atoms with Crippen LogP contribution in [0.2, 0.25) is 5.02 Å². The highest BCUT2D eigenvalue weighted by Crippen LogP contribution is 2.14. The predicted octanol–water partition coefficient (Wildman–Crippen LogP) is 3.21. The fourth-order valence-electron chi connectivity index (χ4n) is 2.02. The van der Waals surface area contributed by atoms with Gasteiger partial charge in [0.15, 0.2) is 5.82 Å². The number of nitrogens with one attached hydrogen (secondary N) is 1. The average molecular weight is 336 g/mol. The van der Waals surface area contributed by atoms with E-state index >= 15 is 0 Å². The van der Waals surface area contributed by atoms with E-state index in [0.717, 1.165) is 6.42 Å². The molecule has 0 spiro atoms. The minimum Gasteiger partial charge on any atom is -0.363 e. The molecule has 0 aliphatic carbocycles. The first-order chi connectivity index (χ1) is 11.0. The number of hydrogen-bond donors (Lipinski definition) is 1. The van der Waals surface area contributed by atoms with Gasteiger partial charge in [-0.15, -0.1) is 0 Å². The summed E-state index contributed by atoms with van der Waals surface area (Å²) in [5, 5.41) is 6.76. The summed E-state index contributed by atoms with van der Waals surface area (Å²) in [5.41, 5.74) is 0.490. The molecule has 2 rings (SSSR count). The highest BCUT2D eigenvalue weighted by molar-refractivity contribution is 6.30. The lowest BCUT2D eigenvalue weighted by molar-refractivity contribution is -0.117. The maximum Gasteiger partial charge on any atom is 0.254 e. The van der Waals surface area contributed by atoms with Crippen molar-refractivity contribution in [2.45, 2.75) is 26.3 Å². The van der Waals surface area contributed by atoms with Crippen molar-refractivity contribution < 1.29 is 14.1 Å². The fraction of sp³-hybridized carbons (Fsp3) is 0.312. The van der Waals surface area contributed by atoms with Crippen molar-refractivity contribution >= 4 is 29.2 Å². The zero-order valence-electron chi connectivity index (χ0n) is 13.0. The van der Waals surface area contributed by atoms with Crippen LogP contribution in [0.15, 0.2) is 41.1 Å². The molecule has 0 saturated carbocycles. The first kappa shape index (κ1) is 17.0. The molecule has 2 aromatic rings. The second-order valence-electron chi connectivity index (χ2n) is 5.13. The average Bonchev–Trinajstić information content (AvgIpc) is 3.05. The standard InChI is InChI=1S/C16H18ClN3O3/c1-3-11(2)20(10-15(21)18-14-8-9-23-19-14)16(22)12-4-6-13(17)7-5-12/h4-9,11H,3,10H2,1-2H3,(H,18,19,21). The van der Waals surface area contributed by atoms with Crippen molar-refractivity contribution in [3.63, 3.8) is 0 Å². The molecule has 0 aliphatic rings. The Hall–Kier alpha value is -2.34. The van der Waals surface area contributed by atoms with E-state index in [9.17, 15) is 9.59 Å². The van der Waals surface area contributed by atoms with Crippen molar-refractivity contribution in [1.29, 1.82) is 0 Å². The Balaban J connectivity index is 2.11. The van der Waals surface area contributed by atoms with E-state index in [-0.39, 0.29) is 24.4 Å². The van der Waals surface area contributed by atoms with Gasteiger partial charge in [0.2, 0.25) is 5.91 Å². The van der Waals surface area contributed by atoms with E-state index < -0.39 is 0 Å². The van der Waals surface area contributed by atoms with Crippen molar-refractivity contribution in [2.75, 3.05) is 11.9 Å². The molecule has 1 N–H and O–H groups in total. The van der Waals surface area contributed by atoms with Crippen LogP contribution < -0.4 is 5.32 Å². The molecule has 0 saturated heterocycles. The highest BCUT2D eigenvalue weighted by atomic mass is 35.5. The van der Waals surface area contributed by atoms with Gasteiger partial charge in [-0.1, -0.05) is 23.7 Å². The number of rotatable bonds is 6. The number of anilines is 1. The summed E-state index contributed by atoms with van der Waals surface area (Å²) in [5.74, 6) is -0.231. The van der Waals surface area contributed by atoms with Crippen molar-refractivity contribution in [3.8, 4) is 0 Å². The summed E-state index contributed by atoms with van der Waals surface area (Å²) < 4.78 is 4.66. The molecule has 122 valence electrons. The number of aromatic nitrogens is 1. The summed E-state index contributed by atoms with van der Waals surface area (Å²) in [6.45, 7) is 3.79. The van der Waals surface area contributed by atoms with Crippen LogP contribution in [0.25, 0.3) is 0 Å². The maximum atomic E-state index is 12.7. The van der Waals surface area contributed by atoms with Crippen molar-refractivity contribution in [3.05, 3.63) is 47.2 Å². The topological polar surface area (TPSA) is 75.4 Å². The van der Waals surface area contributed by atoms with Crippen LogP contribution in [0, 0.1) is 0 Å². The minimum absolute atomic E-state index is 0.0661. The SMILES string of the molecule is CCC(C)N(CC(=O)Nc1ccon1)C(=O)c1ccc(Cl)cc1. The Kier molecular flexibility index (Phi) is 5.76. The lowest BCUT2D eigenvalue weighted by Gasteiger charge is -2.28. The normalized spacial score (nSPS) is 11.8. The zero-order chi connectivity index (χ0) is 16.8. The van der Waals surface area contributed by atoms with E-state index in [0.29, 0.717) is 16.4 Å². The molecule has 1 aromatic heterocycles. The van der Waals surface area contributed by atoms with E-state index in [1.807, 2.05) is 13.8 Å². The molecule has 6 nitrogen and oxygen atoms in total. The van der Waals surface area contributed by atoms with Crippen LogP contribution >= 0.6 is 11.6 Å². The first-order valence-corrected chi connectivity index (χ1v) is 7.65. The summed E-state index contributed by atoms with van der Waals surface area (Å²) in [4.78, 5) is 26.3. The molecule has 2 amide bonds. The van der Waals surface area contributed by atoms with Crippen LogP contribution in [-0.4, -0.2) is 34.5 Å². The molecule has 1 heterocycles. The Labute approximate surface area is 139 Å². The van der Waals surface area contributed by atoms with Gasteiger partial charge in [-0.2, -0.15) is 0 Å². The lowest BCUT2D eigenvalue weighted by atomic mass is 10.1. The number of amides is 2. The second kappa shape index (κ2) is 7.78. The third-order valence-corrected chi connectivity index (χ3v) is 3.75. The molecular weight excluding hydrogens is 318 g/mol. The second-order valence-corrected chi connectivity index (χ2v) is 5.57. The Morgan fingerprint density at radius 2 is 2.00 bits per heavy atom. The van der Waals surface area contributed by atoms with Gasteiger partial charge < -0.3 is 14.7 Å². The van der Waals surface area contributed by atoms with Crippen LogP contribution in [0.1, 0.15) is 30.6 Å². The van der Waals surface area contributed by atoms with E-state index in [1.54, 1.807) is 24.3 Å². The third-order valence-electron chi connectivity index (χ3n) is 3.49. The first-order valence-electron chi connectivity index (χ1n) is 7.28. The van der Waals surface area contributed by atoms with E-state index in [4.69, 9.17) is 11.6 Å². The largest absolute Gasteiger partial charge is 0.363 e. The predicted molar refractivity (Wildman–Crippen MR) is 87.4 cm³/mol. The van der Waals surface area contributed by atoms with Crippen LogP contribution in [-0.2, 0) is 4.79 Å². The summed E-state index contributed by atoms with van der Waals surface area (Å²) >= 11 is 5.84. The monoisotopic (exact) mass is 335 g/mol. The molecule has 1 atom stereocenters. The molecule has 1 aromatic carbocycles. The molecular formula is C16H18ClN3O3. The van der Waals surface area contributed by atoms with Crippen LogP contribution in [0.4, 0.5) is 5.82 Å². The maximum absolute atomic E-state index is 12.7. The van der Waals surface area contributed by atoms with Crippen molar-refractivity contribution in [1.82, 2.24) is 10.1 Å². The number of hydrogen-bond acceptors (Lipinski definition) is 4. The molecule has 0 aliphatic heterocycles. The van der Waals surface area contributed by atoms with Gasteiger partial charge in [0.05, 0.1) is 0 Å². The van der Waals surface area contributed by atoms with E-state index in [1.165, 1.54) is 17.2 Å². The molecule has 23 heavy (non-hydrogen) atoms. The lowest BCUT2D eigenvalue weighted by Crippen LogP contribution is -2.43. The quantitative estimate of drug-likeness (QED) is 0.879. The van der Waals surface area contributed by atoms with Gasteiger partial charge in [-0.05, 0) is 37.6 Å². The van der Waals surface area contributed by atoms with Gasteiger partial charge in [-0.25, -0.2) is 0 Å². The summed E-state index contributed by atoms with van der Waals surface area (Å²) in [7, 11) is 0. The van der Waals surface area contributed by atoms with Gasteiger partial charge >= 0.3 is 0 Å². The van der Waals surface area contributed by atoms with Crippen LogP contribution in [0.3, 0.4) is 0 Å². The fourth-order valence-corrected chi connectivity index (χ4v) is 2.15.